The summed E-state index contributed by atoms with van der Waals surface area (Å²) in [6.07, 6.45) is 1.24. The number of nitrogens with zero attached hydrogens (tertiary/aromatic N) is 1. The highest BCUT2D eigenvalue weighted by atomic mass is 79.9. The van der Waals surface area contributed by atoms with Crippen LogP contribution in [-0.4, -0.2) is 14.6 Å². The fraction of sp³-hybridized carbons (Fsp3) is 0. The van der Waals surface area contributed by atoms with Gasteiger partial charge in [-0.1, -0.05) is 28.1 Å². The van der Waals surface area contributed by atoms with Crippen molar-refractivity contribution >= 4 is 32.2 Å². The van der Waals surface area contributed by atoms with Gasteiger partial charge in [-0.15, -0.1) is 0 Å². The normalized spacial score (nSPS) is 11.7. The molecule has 4 nitrogen and oxygen atoms in total. The second-order valence-electron chi connectivity index (χ2n) is 3.86. The molecule has 0 aliphatic carbocycles. The van der Waals surface area contributed by atoms with E-state index in [2.05, 4.69) is 25.9 Å². The van der Waals surface area contributed by atoms with E-state index in [9.17, 15) is 12.8 Å². The zero-order valence-corrected chi connectivity index (χ0v) is 12.5. The molecule has 104 valence electrons. The van der Waals surface area contributed by atoms with Gasteiger partial charge >= 0.3 is 0 Å². The third-order valence-electron chi connectivity index (χ3n) is 2.36. The van der Waals surface area contributed by atoms with Crippen LogP contribution in [-0.2, 0) is 10.0 Å². The lowest BCUT2D eigenvalue weighted by Crippen LogP contribution is -2.18. The van der Waals surface area contributed by atoms with E-state index in [1.807, 2.05) is 0 Å². The minimum atomic E-state index is -3.72. The maximum atomic E-state index is 12.9. The first kappa shape index (κ1) is 14.7. The fourth-order valence-electron chi connectivity index (χ4n) is 1.42. The van der Waals surface area contributed by atoms with Gasteiger partial charge in [0.25, 0.3) is 10.0 Å². The van der Waals surface area contributed by atoms with Gasteiger partial charge in [-0.05, 0) is 42.0 Å². The zero-order valence-electron chi connectivity index (χ0n) is 10.1. The van der Waals surface area contributed by atoms with Gasteiger partial charge in [0.05, 0.1) is 11.1 Å². The highest BCUT2D eigenvalue weighted by Gasteiger charge is 2.11. The summed E-state index contributed by atoms with van der Waals surface area (Å²) >= 11 is 3.22. The SMILES string of the molecule is O=S(=O)(N/N=C\c1cccc(F)c1)c1ccc(Br)cc1. The van der Waals surface area contributed by atoms with Gasteiger partial charge in [-0.25, -0.2) is 9.22 Å². The van der Waals surface area contributed by atoms with Crippen molar-refractivity contribution in [3.05, 3.63) is 64.4 Å². The van der Waals surface area contributed by atoms with Gasteiger partial charge in [-0.3, -0.25) is 0 Å². The second kappa shape index (κ2) is 6.15. The Morgan fingerprint density at radius 3 is 2.50 bits per heavy atom. The Bertz CT molecular complexity index is 730. The molecule has 1 N–H and O–H groups in total. The van der Waals surface area contributed by atoms with Crippen LogP contribution >= 0.6 is 15.9 Å². The lowest BCUT2D eigenvalue weighted by atomic mass is 10.2. The third kappa shape index (κ3) is 3.88. The number of rotatable bonds is 4. The van der Waals surface area contributed by atoms with Gasteiger partial charge < -0.3 is 0 Å². The van der Waals surface area contributed by atoms with Gasteiger partial charge in [0, 0.05) is 4.47 Å². The lowest BCUT2D eigenvalue weighted by molar-refractivity contribution is 0.584. The van der Waals surface area contributed by atoms with Gasteiger partial charge in [0.2, 0.25) is 0 Å². The largest absolute Gasteiger partial charge is 0.276 e. The van der Waals surface area contributed by atoms with E-state index in [-0.39, 0.29) is 4.90 Å². The summed E-state index contributed by atoms with van der Waals surface area (Å²) in [7, 11) is -3.72. The van der Waals surface area contributed by atoms with Crippen LogP contribution < -0.4 is 4.83 Å². The summed E-state index contributed by atoms with van der Waals surface area (Å²) in [5.74, 6) is -0.412. The van der Waals surface area contributed by atoms with E-state index in [4.69, 9.17) is 0 Å². The average Bonchev–Trinajstić information content (AvgIpc) is 2.39. The van der Waals surface area contributed by atoms with Crippen LogP contribution in [0.1, 0.15) is 5.56 Å². The second-order valence-corrected chi connectivity index (χ2v) is 6.44. The van der Waals surface area contributed by atoms with Crippen LogP contribution in [0.4, 0.5) is 4.39 Å². The summed E-state index contributed by atoms with van der Waals surface area (Å²) < 4.78 is 37.5. The van der Waals surface area contributed by atoms with Crippen molar-refractivity contribution in [1.29, 1.82) is 0 Å². The summed E-state index contributed by atoms with van der Waals surface area (Å²) in [6.45, 7) is 0. The van der Waals surface area contributed by atoms with E-state index in [1.54, 1.807) is 18.2 Å². The minimum absolute atomic E-state index is 0.0945. The van der Waals surface area contributed by atoms with Crippen LogP contribution in [0, 0.1) is 5.82 Å². The van der Waals surface area contributed by atoms with Crippen molar-refractivity contribution in [3.63, 3.8) is 0 Å². The maximum absolute atomic E-state index is 12.9. The molecule has 2 aromatic rings. The van der Waals surface area contributed by atoms with Crippen LogP contribution in [0.2, 0.25) is 0 Å². The summed E-state index contributed by atoms with van der Waals surface area (Å²) in [5.41, 5.74) is 0.462. The first-order valence-electron chi connectivity index (χ1n) is 5.53. The summed E-state index contributed by atoms with van der Waals surface area (Å²) in [6, 6.07) is 11.8. The first-order chi connectivity index (χ1) is 9.47. The molecule has 0 saturated carbocycles. The van der Waals surface area contributed by atoms with Gasteiger partial charge in [-0.2, -0.15) is 13.5 Å². The van der Waals surface area contributed by atoms with E-state index in [0.29, 0.717) is 5.56 Å². The molecular formula is C13H10BrFN2O2S. The average molecular weight is 357 g/mol. The number of hydrazone groups is 1. The molecule has 0 bridgehead atoms. The number of nitrogens with one attached hydrogen (secondary N) is 1. The van der Waals surface area contributed by atoms with Crippen LogP contribution in [0.15, 0.2) is 63.0 Å². The van der Waals surface area contributed by atoms with E-state index < -0.39 is 15.8 Å². The van der Waals surface area contributed by atoms with Crippen molar-refractivity contribution in [2.24, 2.45) is 5.10 Å². The zero-order chi connectivity index (χ0) is 14.6. The molecule has 7 heteroatoms. The molecule has 0 spiro atoms. The van der Waals surface area contributed by atoms with Crippen LogP contribution in [0.25, 0.3) is 0 Å². The Hall–Kier alpha value is -1.73. The molecule has 0 atom stereocenters. The topological polar surface area (TPSA) is 58.5 Å². The van der Waals surface area contributed by atoms with Crippen molar-refractivity contribution < 1.29 is 12.8 Å². The molecule has 0 radical (unpaired) electrons. The highest BCUT2D eigenvalue weighted by molar-refractivity contribution is 9.10. The molecule has 0 amide bonds. The van der Waals surface area contributed by atoms with E-state index >= 15 is 0 Å². The molecule has 0 aliphatic rings. The fourth-order valence-corrected chi connectivity index (χ4v) is 2.48. The molecule has 0 unspecified atom stereocenters. The number of benzene rings is 2. The van der Waals surface area contributed by atoms with Gasteiger partial charge in [0.1, 0.15) is 5.82 Å². The molecular weight excluding hydrogens is 347 g/mol. The molecule has 0 heterocycles. The highest BCUT2D eigenvalue weighted by Crippen LogP contribution is 2.14. The van der Waals surface area contributed by atoms with Crippen LogP contribution in [0.3, 0.4) is 0 Å². The van der Waals surface area contributed by atoms with Gasteiger partial charge in [0.15, 0.2) is 0 Å². The molecule has 2 aromatic carbocycles. The molecule has 0 saturated heterocycles. The minimum Gasteiger partial charge on any atom is -0.207 e. The third-order valence-corrected chi connectivity index (χ3v) is 4.13. The van der Waals surface area contributed by atoms with Crippen molar-refractivity contribution in [2.75, 3.05) is 0 Å². The number of hydrogen-bond donors (Lipinski definition) is 1. The van der Waals surface area contributed by atoms with Crippen molar-refractivity contribution in [2.45, 2.75) is 4.90 Å². The monoisotopic (exact) mass is 356 g/mol. The number of halogens is 2. The molecule has 0 aliphatic heterocycles. The Morgan fingerprint density at radius 1 is 1.15 bits per heavy atom. The quantitative estimate of drug-likeness (QED) is 0.676. The predicted octanol–water partition coefficient (Wildman–Crippen LogP) is 2.90. The summed E-state index contributed by atoms with van der Waals surface area (Å²) in [4.78, 5) is 2.16. The lowest BCUT2D eigenvalue weighted by Gasteiger charge is -2.03. The Morgan fingerprint density at radius 2 is 1.85 bits per heavy atom. The first-order valence-corrected chi connectivity index (χ1v) is 7.81. The van der Waals surface area contributed by atoms with E-state index in [0.717, 1.165) is 4.47 Å². The van der Waals surface area contributed by atoms with E-state index in [1.165, 1.54) is 36.5 Å². The molecule has 20 heavy (non-hydrogen) atoms. The number of hydrogen-bond acceptors (Lipinski definition) is 3. The molecule has 0 fully saturated rings. The van der Waals surface area contributed by atoms with Crippen LogP contribution in [0.5, 0.6) is 0 Å². The molecule has 0 aromatic heterocycles. The Kier molecular flexibility index (Phi) is 4.51. The van der Waals surface area contributed by atoms with Crippen molar-refractivity contribution in [3.8, 4) is 0 Å². The molecule has 2 rings (SSSR count). The summed E-state index contributed by atoms with van der Waals surface area (Å²) in [5, 5.41) is 3.61. The predicted molar refractivity (Wildman–Crippen MR) is 78.5 cm³/mol. The Labute approximate surface area is 124 Å². The number of sulfonamides is 1. The maximum Gasteiger partial charge on any atom is 0.276 e. The smallest absolute Gasteiger partial charge is 0.207 e. The standard InChI is InChI=1S/C13H10BrFN2O2S/c14-11-4-6-13(7-5-11)20(18,19)17-16-9-10-2-1-3-12(15)8-10/h1-9,17H/b16-9-. The Balaban J connectivity index is 2.11. The van der Waals surface area contributed by atoms with Crippen molar-refractivity contribution in [1.82, 2.24) is 4.83 Å².